The summed E-state index contributed by atoms with van der Waals surface area (Å²) in [7, 11) is 0. The summed E-state index contributed by atoms with van der Waals surface area (Å²) in [5.41, 5.74) is 10.1. The fourth-order valence-corrected chi connectivity index (χ4v) is 5.30. The van der Waals surface area contributed by atoms with Crippen molar-refractivity contribution in [3.05, 3.63) is 106 Å². The van der Waals surface area contributed by atoms with E-state index in [0.29, 0.717) is 44.6 Å². The minimum Gasteiger partial charge on any atom is -0.377 e. The first kappa shape index (κ1) is 26.7. The van der Waals surface area contributed by atoms with Crippen LogP contribution in [0.25, 0.3) is 10.9 Å². The lowest BCUT2D eigenvalue weighted by Gasteiger charge is -2.23. The lowest BCUT2D eigenvalue weighted by atomic mass is 10.0. The smallest absolute Gasteiger partial charge is 0.221 e. The molecule has 0 unspecified atom stereocenters. The average molecular weight is 573 g/mol. The summed E-state index contributed by atoms with van der Waals surface area (Å²) in [6.45, 7) is 2.07. The maximum atomic E-state index is 15.0. The van der Waals surface area contributed by atoms with Crippen molar-refractivity contribution in [1.29, 1.82) is 5.26 Å². The topological polar surface area (TPSA) is 101 Å². The molecule has 2 aliphatic rings. The second kappa shape index (κ2) is 11.2. The van der Waals surface area contributed by atoms with Gasteiger partial charge in [0, 0.05) is 35.1 Å². The van der Waals surface area contributed by atoms with Crippen LogP contribution in [0.15, 0.2) is 72.7 Å². The summed E-state index contributed by atoms with van der Waals surface area (Å²) in [5.74, 6) is -1.83. The molecule has 2 aromatic carbocycles. The normalized spacial score (nSPS) is 16.1. The number of hydrogen-bond donors (Lipinski definition) is 4. The summed E-state index contributed by atoms with van der Waals surface area (Å²) in [6.07, 6.45) is 6.25. The molecule has 11 heteroatoms. The molecule has 0 spiro atoms. The molecule has 6 rings (SSSR count). The molecular weight excluding hydrogens is 546 g/mol. The van der Waals surface area contributed by atoms with Crippen LogP contribution in [0, 0.1) is 23.2 Å². The zero-order chi connectivity index (χ0) is 28.5. The SMILES string of the molecule is CC[C@@H](Nc1c(C#N)cnc2c(Cl)cc(N[C@H](C3=CN(C4CC4)NN3)c3ccc(F)nc3F)cc12)c1ccccc1. The molecule has 1 aliphatic carbocycles. The van der Waals surface area contributed by atoms with Crippen molar-refractivity contribution in [2.45, 2.75) is 44.3 Å². The van der Waals surface area contributed by atoms with Crippen LogP contribution in [-0.4, -0.2) is 21.0 Å². The Hall–Kier alpha value is -4.46. The van der Waals surface area contributed by atoms with E-state index in [4.69, 9.17) is 11.6 Å². The molecule has 41 heavy (non-hydrogen) atoms. The van der Waals surface area contributed by atoms with Crippen LogP contribution in [0.3, 0.4) is 0 Å². The summed E-state index contributed by atoms with van der Waals surface area (Å²) < 4.78 is 28.7. The molecular formula is C30H27ClF2N8. The van der Waals surface area contributed by atoms with E-state index in [1.807, 2.05) is 47.6 Å². The number of benzene rings is 2. The highest BCUT2D eigenvalue weighted by Gasteiger charge is 2.33. The molecule has 208 valence electrons. The maximum absolute atomic E-state index is 15.0. The molecule has 0 radical (unpaired) electrons. The van der Waals surface area contributed by atoms with Gasteiger partial charge in [0.25, 0.3) is 0 Å². The molecule has 0 bridgehead atoms. The van der Waals surface area contributed by atoms with E-state index in [9.17, 15) is 9.65 Å². The number of aromatic nitrogens is 2. The number of hydrogen-bond acceptors (Lipinski definition) is 8. The third kappa shape index (κ3) is 5.46. The lowest BCUT2D eigenvalue weighted by Crippen LogP contribution is -2.38. The van der Waals surface area contributed by atoms with Crippen LogP contribution in [0.2, 0.25) is 5.02 Å². The highest BCUT2D eigenvalue weighted by atomic mass is 35.5. The predicted octanol–water partition coefficient (Wildman–Crippen LogP) is 6.48. The Morgan fingerprint density at radius 1 is 1.15 bits per heavy atom. The molecule has 0 saturated heterocycles. The van der Waals surface area contributed by atoms with E-state index in [2.05, 4.69) is 44.6 Å². The Balaban J connectivity index is 1.42. The molecule has 3 heterocycles. The van der Waals surface area contributed by atoms with Gasteiger partial charge in [-0.3, -0.25) is 9.99 Å². The molecule has 8 nitrogen and oxygen atoms in total. The lowest BCUT2D eigenvalue weighted by molar-refractivity contribution is 0.260. The van der Waals surface area contributed by atoms with Crippen LogP contribution in [0.4, 0.5) is 20.2 Å². The van der Waals surface area contributed by atoms with Gasteiger partial charge < -0.3 is 16.1 Å². The average Bonchev–Trinajstić information content (AvgIpc) is 3.71. The third-order valence-electron chi connectivity index (χ3n) is 7.30. The first-order chi connectivity index (χ1) is 19.9. The van der Waals surface area contributed by atoms with Gasteiger partial charge in [0.15, 0.2) is 0 Å². The molecule has 1 aliphatic heterocycles. The number of anilines is 2. The molecule has 4 N–H and O–H groups in total. The fourth-order valence-electron chi connectivity index (χ4n) is 5.03. The molecule has 0 amide bonds. The van der Waals surface area contributed by atoms with E-state index < -0.39 is 17.9 Å². The Morgan fingerprint density at radius 2 is 1.95 bits per heavy atom. The van der Waals surface area contributed by atoms with Gasteiger partial charge >= 0.3 is 0 Å². The molecule has 1 fully saturated rings. The van der Waals surface area contributed by atoms with Crippen LogP contribution in [-0.2, 0) is 0 Å². The second-order valence-corrected chi connectivity index (χ2v) is 10.5. The van der Waals surface area contributed by atoms with Crippen molar-refractivity contribution >= 4 is 33.9 Å². The van der Waals surface area contributed by atoms with Gasteiger partial charge in [-0.25, -0.2) is 0 Å². The number of nitrogens with zero attached hydrogens (tertiary/aromatic N) is 4. The van der Waals surface area contributed by atoms with E-state index in [1.165, 1.54) is 12.3 Å². The van der Waals surface area contributed by atoms with Crippen LogP contribution in [0.1, 0.15) is 55.0 Å². The monoisotopic (exact) mass is 572 g/mol. The standard InChI is InChI=1S/C30H27ClF2N8/c1-2-24(17-6-4-3-5-7-17)37-27-18(14-34)15-35-28-22(27)12-19(13-23(28)31)36-29(21-10-11-26(32)38-30(21)33)25-16-41(40-39-25)20-8-9-20/h3-7,10-13,15-16,20,24,29,36,39-40H,2,8-9H2,1H3,(H,35,37)/t24-,29+/m1/s1. The molecule has 4 aromatic rings. The van der Waals surface area contributed by atoms with Crippen molar-refractivity contribution in [1.82, 2.24) is 25.9 Å². The van der Waals surface area contributed by atoms with E-state index in [-0.39, 0.29) is 11.6 Å². The highest BCUT2D eigenvalue weighted by Crippen LogP contribution is 2.38. The second-order valence-electron chi connectivity index (χ2n) is 10.1. The number of rotatable bonds is 9. The third-order valence-corrected chi connectivity index (χ3v) is 7.59. The predicted molar refractivity (Wildman–Crippen MR) is 154 cm³/mol. The molecule has 1 saturated carbocycles. The van der Waals surface area contributed by atoms with Crippen molar-refractivity contribution in [3.63, 3.8) is 0 Å². The maximum Gasteiger partial charge on any atom is 0.221 e. The number of halogens is 3. The number of fused-ring (bicyclic) bond motifs is 1. The van der Waals surface area contributed by atoms with Crippen LogP contribution >= 0.6 is 11.6 Å². The molecule has 2 atom stereocenters. The van der Waals surface area contributed by atoms with Crippen molar-refractivity contribution < 1.29 is 8.78 Å². The quantitative estimate of drug-likeness (QED) is 0.169. The number of nitriles is 1. The van der Waals surface area contributed by atoms with Crippen molar-refractivity contribution in [3.8, 4) is 6.07 Å². The minimum atomic E-state index is -0.925. The largest absolute Gasteiger partial charge is 0.377 e. The molecule has 2 aromatic heterocycles. The van der Waals surface area contributed by atoms with Crippen LogP contribution in [0.5, 0.6) is 0 Å². The number of nitrogens with one attached hydrogen (secondary N) is 4. The Bertz CT molecular complexity index is 1670. The first-order valence-electron chi connectivity index (χ1n) is 13.4. The van der Waals surface area contributed by atoms with E-state index in [1.54, 1.807) is 6.07 Å². The summed E-state index contributed by atoms with van der Waals surface area (Å²) >= 11 is 6.73. The first-order valence-corrected chi connectivity index (χ1v) is 13.8. The van der Waals surface area contributed by atoms with Crippen molar-refractivity contribution in [2.75, 3.05) is 10.6 Å². The Labute approximate surface area is 241 Å². The zero-order valence-corrected chi connectivity index (χ0v) is 22.9. The van der Waals surface area contributed by atoms with E-state index >= 15 is 4.39 Å². The van der Waals surface area contributed by atoms with Gasteiger partial charge in [-0.1, -0.05) is 48.9 Å². The van der Waals surface area contributed by atoms with Crippen LogP contribution < -0.4 is 21.6 Å². The fraction of sp³-hybridized carbons (Fsp3) is 0.233. The highest BCUT2D eigenvalue weighted by molar-refractivity contribution is 6.35. The van der Waals surface area contributed by atoms with Gasteiger partial charge in [-0.15, -0.1) is 5.53 Å². The summed E-state index contributed by atoms with van der Waals surface area (Å²) in [5, 5.41) is 19.8. The minimum absolute atomic E-state index is 0.0660. The van der Waals surface area contributed by atoms with E-state index in [0.717, 1.165) is 30.9 Å². The van der Waals surface area contributed by atoms with Gasteiger partial charge in [-0.05, 0) is 49.1 Å². The zero-order valence-electron chi connectivity index (χ0n) is 22.1. The van der Waals surface area contributed by atoms with Gasteiger partial charge in [0.05, 0.1) is 39.6 Å². The summed E-state index contributed by atoms with van der Waals surface area (Å²) in [4.78, 5) is 7.86. The Morgan fingerprint density at radius 3 is 2.66 bits per heavy atom. The summed E-state index contributed by atoms with van der Waals surface area (Å²) in [6, 6.07) is 17.8. The Kier molecular flexibility index (Phi) is 7.30. The van der Waals surface area contributed by atoms with Gasteiger partial charge in [0.2, 0.25) is 11.9 Å². The van der Waals surface area contributed by atoms with Gasteiger partial charge in [0.1, 0.15) is 6.07 Å². The van der Waals surface area contributed by atoms with Gasteiger partial charge in [-0.2, -0.15) is 19.0 Å². The van der Waals surface area contributed by atoms with Crippen molar-refractivity contribution in [2.24, 2.45) is 0 Å². The number of pyridine rings is 2. The number of hydrazine groups is 2.